The first-order chi connectivity index (χ1) is 7.97. The van der Waals surface area contributed by atoms with E-state index >= 15 is 0 Å². The van der Waals surface area contributed by atoms with E-state index in [2.05, 4.69) is 0 Å². The number of thioether (sulfide) groups is 1. The third-order valence-corrected chi connectivity index (χ3v) is 3.16. The Labute approximate surface area is 101 Å². The summed E-state index contributed by atoms with van der Waals surface area (Å²) in [5.41, 5.74) is 3.12. The second kappa shape index (κ2) is 4.52. The van der Waals surface area contributed by atoms with Crippen LogP contribution in [-0.2, 0) is 6.54 Å². The Morgan fingerprint density at radius 3 is 2.71 bits per heavy atom. The Kier molecular flexibility index (Phi) is 3.24. The molecule has 0 fully saturated rings. The van der Waals surface area contributed by atoms with Crippen LogP contribution < -0.4 is 5.73 Å². The zero-order valence-electron chi connectivity index (χ0n) is 8.87. The molecule has 2 aromatic rings. The Morgan fingerprint density at radius 1 is 1.24 bits per heavy atom. The topological polar surface area (TPSA) is 30.9 Å². The number of hydrogen-bond acceptors (Lipinski definition) is 2. The first-order valence-electron chi connectivity index (χ1n) is 5.01. The molecule has 1 heterocycles. The van der Waals surface area contributed by atoms with Crippen molar-refractivity contribution in [3.8, 4) is 0 Å². The fraction of sp³-hybridized carbons (Fsp3) is 0.273. The Hall–Kier alpha value is -1.30. The SMILES string of the molecule is Nc1cccc2c1ccn2CCSC(F)(F)F. The van der Waals surface area contributed by atoms with Crippen molar-refractivity contribution < 1.29 is 13.2 Å². The summed E-state index contributed by atoms with van der Waals surface area (Å²) in [4.78, 5) is 0. The van der Waals surface area contributed by atoms with E-state index < -0.39 is 5.51 Å². The lowest BCUT2D eigenvalue weighted by atomic mass is 10.2. The molecular weight excluding hydrogens is 249 g/mol. The van der Waals surface area contributed by atoms with Crippen LogP contribution in [0.5, 0.6) is 0 Å². The molecule has 0 atom stereocenters. The first-order valence-corrected chi connectivity index (χ1v) is 6.00. The molecule has 1 aromatic heterocycles. The van der Waals surface area contributed by atoms with Crippen molar-refractivity contribution in [2.45, 2.75) is 12.1 Å². The van der Waals surface area contributed by atoms with E-state index in [-0.39, 0.29) is 17.5 Å². The third kappa shape index (κ3) is 2.88. The maximum atomic E-state index is 12.0. The highest BCUT2D eigenvalue weighted by atomic mass is 32.2. The number of anilines is 1. The van der Waals surface area contributed by atoms with Gasteiger partial charge in [-0.25, -0.2) is 0 Å². The lowest BCUT2D eigenvalue weighted by Gasteiger charge is -2.07. The number of benzene rings is 1. The van der Waals surface area contributed by atoms with Gasteiger partial charge in [-0.2, -0.15) is 13.2 Å². The maximum Gasteiger partial charge on any atom is 0.441 e. The summed E-state index contributed by atoms with van der Waals surface area (Å²) in [7, 11) is 0. The van der Waals surface area contributed by atoms with Gasteiger partial charge < -0.3 is 10.3 Å². The fourth-order valence-corrected chi connectivity index (χ4v) is 2.22. The lowest BCUT2D eigenvalue weighted by Crippen LogP contribution is -2.06. The summed E-state index contributed by atoms with van der Waals surface area (Å²) in [5.74, 6) is 0.00206. The normalized spacial score (nSPS) is 12.2. The molecule has 0 saturated carbocycles. The van der Waals surface area contributed by atoms with Crippen LogP contribution in [0.1, 0.15) is 0 Å². The standard InChI is InChI=1S/C11H11F3N2S/c12-11(13,14)17-7-6-16-5-4-8-9(15)2-1-3-10(8)16/h1-5H,6-7,15H2. The maximum absolute atomic E-state index is 12.0. The van der Waals surface area contributed by atoms with Crippen LogP contribution in [0.3, 0.4) is 0 Å². The van der Waals surface area contributed by atoms with E-state index in [0.29, 0.717) is 12.2 Å². The predicted molar refractivity (Wildman–Crippen MR) is 64.9 cm³/mol. The number of nitrogens with two attached hydrogens (primary N) is 1. The van der Waals surface area contributed by atoms with E-state index in [4.69, 9.17) is 5.73 Å². The van der Waals surface area contributed by atoms with Gasteiger partial charge in [-0.3, -0.25) is 0 Å². The number of fused-ring (bicyclic) bond motifs is 1. The van der Waals surface area contributed by atoms with Gasteiger partial charge in [0.2, 0.25) is 0 Å². The predicted octanol–water partition coefficient (Wildman–Crippen LogP) is 3.48. The summed E-state index contributed by atoms with van der Waals surface area (Å²) in [5, 5.41) is 0.879. The van der Waals surface area contributed by atoms with Gasteiger partial charge in [-0.1, -0.05) is 6.07 Å². The van der Waals surface area contributed by atoms with Gasteiger partial charge in [0.15, 0.2) is 0 Å². The zero-order valence-corrected chi connectivity index (χ0v) is 9.68. The number of hydrogen-bond donors (Lipinski definition) is 1. The van der Waals surface area contributed by atoms with Crippen LogP contribution in [0.2, 0.25) is 0 Å². The van der Waals surface area contributed by atoms with E-state index in [0.717, 1.165) is 10.9 Å². The summed E-state index contributed by atoms with van der Waals surface area (Å²) in [6, 6.07) is 7.25. The number of nitrogen functional groups attached to an aromatic ring is 1. The third-order valence-electron chi connectivity index (χ3n) is 2.45. The molecule has 0 aliphatic heterocycles. The summed E-state index contributed by atoms with van der Waals surface area (Å²) < 4.78 is 37.8. The van der Waals surface area contributed by atoms with Gasteiger partial charge in [0.25, 0.3) is 0 Å². The van der Waals surface area contributed by atoms with Gasteiger partial charge in [-0.05, 0) is 30.0 Å². The number of nitrogens with zero attached hydrogens (tertiary/aromatic N) is 1. The van der Waals surface area contributed by atoms with E-state index in [1.165, 1.54) is 0 Å². The molecule has 0 amide bonds. The highest BCUT2D eigenvalue weighted by molar-refractivity contribution is 8.00. The molecule has 2 N–H and O–H groups in total. The van der Waals surface area contributed by atoms with Gasteiger partial charge in [-0.15, -0.1) is 0 Å². The van der Waals surface area contributed by atoms with Crippen LogP contribution in [0, 0.1) is 0 Å². The summed E-state index contributed by atoms with van der Waals surface area (Å²) >= 11 is -0.00752. The number of rotatable bonds is 3. The monoisotopic (exact) mass is 260 g/mol. The summed E-state index contributed by atoms with van der Waals surface area (Å²) in [6.07, 6.45) is 1.76. The molecule has 0 aliphatic rings. The first kappa shape index (κ1) is 12.2. The van der Waals surface area contributed by atoms with Gasteiger partial charge in [0, 0.05) is 29.6 Å². The smallest absolute Gasteiger partial charge is 0.398 e. The van der Waals surface area contributed by atoms with Crippen LogP contribution in [0.15, 0.2) is 30.5 Å². The van der Waals surface area contributed by atoms with Crippen molar-refractivity contribution in [2.24, 2.45) is 0 Å². The fourth-order valence-electron chi connectivity index (χ4n) is 1.70. The van der Waals surface area contributed by atoms with Gasteiger partial charge in [0.1, 0.15) is 0 Å². The minimum absolute atomic E-state index is 0.00206. The van der Waals surface area contributed by atoms with Crippen molar-refractivity contribution in [1.82, 2.24) is 4.57 Å². The molecule has 2 nitrogen and oxygen atoms in total. The zero-order chi connectivity index (χ0) is 12.5. The highest BCUT2D eigenvalue weighted by Gasteiger charge is 2.27. The van der Waals surface area contributed by atoms with Crippen molar-refractivity contribution >= 4 is 28.4 Å². The van der Waals surface area contributed by atoms with Crippen molar-refractivity contribution in [1.29, 1.82) is 0 Å². The molecule has 0 bridgehead atoms. The minimum Gasteiger partial charge on any atom is -0.398 e. The average molecular weight is 260 g/mol. The Morgan fingerprint density at radius 2 is 2.00 bits per heavy atom. The molecule has 0 unspecified atom stereocenters. The second-order valence-electron chi connectivity index (χ2n) is 3.58. The molecule has 0 radical (unpaired) electrons. The number of aryl methyl sites for hydroxylation is 1. The van der Waals surface area contributed by atoms with Crippen molar-refractivity contribution in [3.63, 3.8) is 0 Å². The van der Waals surface area contributed by atoms with Crippen LogP contribution >= 0.6 is 11.8 Å². The molecule has 0 spiro atoms. The van der Waals surface area contributed by atoms with E-state index in [1.807, 2.05) is 12.1 Å². The minimum atomic E-state index is -4.16. The number of alkyl halides is 3. The number of aromatic nitrogens is 1. The molecular formula is C11H11F3N2S. The van der Waals surface area contributed by atoms with Crippen molar-refractivity contribution in [3.05, 3.63) is 30.5 Å². The highest BCUT2D eigenvalue weighted by Crippen LogP contribution is 2.30. The van der Waals surface area contributed by atoms with Gasteiger partial charge in [0.05, 0.1) is 5.52 Å². The quantitative estimate of drug-likeness (QED) is 0.856. The van der Waals surface area contributed by atoms with Crippen molar-refractivity contribution in [2.75, 3.05) is 11.5 Å². The van der Waals surface area contributed by atoms with Crippen LogP contribution in [0.25, 0.3) is 10.9 Å². The van der Waals surface area contributed by atoms with Crippen LogP contribution in [0.4, 0.5) is 18.9 Å². The molecule has 1 aromatic carbocycles. The van der Waals surface area contributed by atoms with Gasteiger partial charge >= 0.3 is 5.51 Å². The Bertz CT molecular complexity index is 519. The molecule has 92 valence electrons. The largest absolute Gasteiger partial charge is 0.441 e. The molecule has 6 heteroatoms. The Balaban J connectivity index is 2.12. The lowest BCUT2D eigenvalue weighted by molar-refractivity contribution is -0.0328. The van der Waals surface area contributed by atoms with E-state index in [1.54, 1.807) is 22.9 Å². The molecule has 17 heavy (non-hydrogen) atoms. The molecule has 2 rings (SSSR count). The molecule has 0 aliphatic carbocycles. The molecule has 0 saturated heterocycles. The average Bonchev–Trinajstić information content (AvgIpc) is 2.61. The second-order valence-corrected chi connectivity index (χ2v) is 4.74. The summed E-state index contributed by atoms with van der Waals surface area (Å²) in [6.45, 7) is 0.317. The van der Waals surface area contributed by atoms with Crippen LogP contribution in [-0.4, -0.2) is 15.8 Å². The number of halogens is 3. The van der Waals surface area contributed by atoms with E-state index in [9.17, 15) is 13.2 Å².